The molecule has 1 aliphatic carbocycles. The zero-order valence-electron chi connectivity index (χ0n) is 15.7. The molecular formula is C24H23NO. The van der Waals surface area contributed by atoms with Gasteiger partial charge in [0.1, 0.15) is 0 Å². The van der Waals surface area contributed by atoms with E-state index in [0.717, 1.165) is 39.2 Å². The highest BCUT2D eigenvalue weighted by Crippen LogP contribution is 2.45. The van der Waals surface area contributed by atoms with Gasteiger partial charge < -0.3 is 0 Å². The van der Waals surface area contributed by atoms with Gasteiger partial charge in [0.05, 0.1) is 16.8 Å². The van der Waals surface area contributed by atoms with E-state index in [-0.39, 0.29) is 11.7 Å². The predicted molar refractivity (Wildman–Crippen MR) is 107 cm³/mol. The number of ketones is 1. The minimum atomic E-state index is -0.539. The number of Topliss-reactive ketones (excluding diaryl/α,β-unsaturated/α-hetero) is 1. The third-order valence-electron chi connectivity index (χ3n) is 5.39. The molecule has 1 aliphatic rings. The summed E-state index contributed by atoms with van der Waals surface area (Å²) in [5, 5.41) is 0. The second kappa shape index (κ2) is 5.91. The predicted octanol–water partition coefficient (Wildman–Crippen LogP) is 6.01. The number of rotatable bonds is 2. The Hall–Kier alpha value is -2.74. The highest BCUT2D eigenvalue weighted by atomic mass is 16.1. The molecule has 4 rings (SSSR count). The number of hydrogen-bond donors (Lipinski definition) is 0. The third kappa shape index (κ3) is 2.40. The highest BCUT2D eigenvalue weighted by Gasteiger charge is 2.41. The summed E-state index contributed by atoms with van der Waals surface area (Å²) in [5.74, 6) is 0.418. The van der Waals surface area contributed by atoms with Crippen LogP contribution < -0.4 is 0 Å². The second-order valence-electron chi connectivity index (χ2n) is 7.84. The fourth-order valence-electron chi connectivity index (χ4n) is 3.88. The van der Waals surface area contributed by atoms with E-state index in [4.69, 9.17) is 4.98 Å². The lowest BCUT2D eigenvalue weighted by Gasteiger charge is -2.34. The zero-order valence-corrected chi connectivity index (χ0v) is 15.7. The van der Waals surface area contributed by atoms with Crippen molar-refractivity contribution in [2.45, 2.75) is 39.0 Å². The molecule has 0 N–H and O–H groups in total. The first-order valence-corrected chi connectivity index (χ1v) is 9.16. The molecule has 0 bridgehead atoms. The van der Waals surface area contributed by atoms with Gasteiger partial charge in [-0.1, -0.05) is 68.4 Å². The van der Waals surface area contributed by atoms with Crippen molar-refractivity contribution in [3.05, 3.63) is 77.4 Å². The molecule has 26 heavy (non-hydrogen) atoms. The van der Waals surface area contributed by atoms with Crippen molar-refractivity contribution in [3.63, 3.8) is 0 Å². The molecule has 0 radical (unpaired) electrons. The molecule has 2 aromatic carbocycles. The van der Waals surface area contributed by atoms with Gasteiger partial charge in [-0.2, -0.15) is 0 Å². The Balaban J connectivity index is 2.08. The van der Waals surface area contributed by atoms with Crippen LogP contribution >= 0.6 is 0 Å². The standard InChI is InChI=1S/C24H23NO/c1-15(2)18-14-20(16-10-6-5-7-11-16)25-22-17-12-8-9-13-19(17)24(3,4)23(26)21(18)22/h5-15H,1-4H3. The van der Waals surface area contributed by atoms with Gasteiger partial charge in [0.25, 0.3) is 0 Å². The molecule has 0 amide bonds. The van der Waals surface area contributed by atoms with Gasteiger partial charge in [0.2, 0.25) is 0 Å². The molecule has 0 fully saturated rings. The number of hydrogen-bond acceptors (Lipinski definition) is 2. The number of carbonyl (C=O) groups is 1. The Morgan fingerprint density at radius 2 is 1.58 bits per heavy atom. The first-order chi connectivity index (χ1) is 12.4. The largest absolute Gasteiger partial charge is 0.293 e. The van der Waals surface area contributed by atoms with E-state index in [1.54, 1.807) is 0 Å². The molecule has 0 unspecified atom stereocenters. The number of aromatic nitrogens is 1. The van der Waals surface area contributed by atoms with Gasteiger partial charge in [-0.25, -0.2) is 4.98 Å². The van der Waals surface area contributed by atoms with E-state index in [1.807, 2.05) is 44.2 Å². The van der Waals surface area contributed by atoms with E-state index in [1.165, 1.54) is 0 Å². The molecule has 0 spiro atoms. The van der Waals surface area contributed by atoms with Crippen LogP contribution in [0.2, 0.25) is 0 Å². The number of benzene rings is 2. The highest BCUT2D eigenvalue weighted by molar-refractivity contribution is 6.13. The molecule has 3 aromatic rings. The number of pyridine rings is 1. The number of nitrogens with zero attached hydrogens (tertiary/aromatic N) is 1. The average Bonchev–Trinajstić information content (AvgIpc) is 2.66. The van der Waals surface area contributed by atoms with Crippen LogP contribution in [0.15, 0.2) is 60.7 Å². The molecule has 130 valence electrons. The van der Waals surface area contributed by atoms with Crippen LogP contribution in [0.3, 0.4) is 0 Å². The van der Waals surface area contributed by atoms with E-state index < -0.39 is 5.41 Å². The molecular weight excluding hydrogens is 318 g/mol. The minimum absolute atomic E-state index is 0.169. The van der Waals surface area contributed by atoms with Crippen molar-refractivity contribution in [1.29, 1.82) is 0 Å². The fourth-order valence-corrected chi connectivity index (χ4v) is 3.88. The summed E-state index contributed by atoms with van der Waals surface area (Å²) in [5.41, 5.74) is 6.31. The lowest BCUT2D eigenvalue weighted by atomic mass is 9.69. The summed E-state index contributed by atoms with van der Waals surface area (Å²) in [7, 11) is 0. The smallest absolute Gasteiger partial charge is 0.175 e. The molecule has 1 aromatic heterocycles. The minimum Gasteiger partial charge on any atom is -0.293 e. The maximum atomic E-state index is 13.4. The van der Waals surface area contributed by atoms with Gasteiger partial charge in [-0.05, 0) is 37.0 Å². The van der Waals surface area contributed by atoms with Crippen LogP contribution in [-0.2, 0) is 5.41 Å². The van der Waals surface area contributed by atoms with Crippen molar-refractivity contribution in [2.24, 2.45) is 0 Å². The fraction of sp³-hybridized carbons (Fsp3) is 0.250. The second-order valence-corrected chi connectivity index (χ2v) is 7.84. The lowest BCUT2D eigenvalue weighted by molar-refractivity contribution is 0.0905. The van der Waals surface area contributed by atoms with E-state index in [2.05, 4.69) is 44.2 Å². The zero-order chi connectivity index (χ0) is 18.5. The first-order valence-electron chi connectivity index (χ1n) is 9.16. The number of carbonyl (C=O) groups excluding carboxylic acids is 1. The van der Waals surface area contributed by atoms with E-state index in [0.29, 0.717) is 0 Å². The summed E-state index contributed by atoms with van der Waals surface area (Å²) in [4.78, 5) is 18.4. The van der Waals surface area contributed by atoms with Crippen molar-refractivity contribution in [3.8, 4) is 22.5 Å². The molecule has 0 saturated carbocycles. The van der Waals surface area contributed by atoms with Gasteiger partial charge in [0, 0.05) is 16.7 Å². The van der Waals surface area contributed by atoms with E-state index in [9.17, 15) is 4.79 Å². The monoisotopic (exact) mass is 341 g/mol. The Morgan fingerprint density at radius 1 is 0.923 bits per heavy atom. The third-order valence-corrected chi connectivity index (χ3v) is 5.39. The number of fused-ring (bicyclic) bond motifs is 3. The lowest BCUT2D eigenvalue weighted by Crippen LogP contribution is -2.35. The topological polar surface area (TPSA) is 30.0 Å². The summed E-state index contributed by atoms with van der Waals surface area (Å²) in [6.45, 7) is 8.33. The van der Waals surface area contributed by atoms with Gasteiger partial charge >= 0.3 is 0 Å². The maximum absolute atomic E-state index is 13.4. The maximum Gasteiger partial charge on any atom is 0.175 e. The Kier molecular flexibility index (Phi) is 3.80. The average molecular weight is 341 g/mol. The Labute approximate surface area is 154 Å². The van der Waals surface area contributed by atoms with Gasteiger partial charge in [-0.3, -0.25) is 4.79 Å². The first kappa shape index (κ1) is 16.7. The Bertz CT molecular complexity index is 1000. The van der Waals surface area contributed by atoms with Crippen LogP contribution in [0.1, 0.15) is 55.1 Å². The molecule has 1 heterocycles. The van der Waals surface area contributed by atoms with Crippen molar-refractivity contribution in [2.75, 3.05) is 0 Å². The van der Waals surface area contributed by atoms with Crippen molar-refractivity contribution in [1.82, 2.24) is 4.98 Å². The van der Waals surface area contributed by atoms with Crippen LogP contribution in [0, 0.1) is 0 Å². The molecule has 2 heteroatoms. The summed E-state index contributed by atoms with van der Waals surface area (Å²) in [6, 6.07) is 20.5. The summed E-state index contributed by atoms with van der Waals surface area (Å²) >= 11 is 0. The molecule has 0 atom stereocenters. The van der Waals surface area contributed by atoms with Crippen molar-refractivity contribution < 1.29 is 4.79 Å². The van der Waals surface area contributed by atoms with Crippen LogP contribution in [0.4, 0.5) is 0 Å². The van der Waals surface area contributed by atoms with Gasteiger partial charge in [-0.15, -0.1) is 0 Å². The quantitative estimate of drug-likeness (QED) is 0.571. The van der Waals surface area contributed by atoms with Gasteiger partial charge in [0.15, 0.2) is 5.78 Å². The van der Waals surface area contributed by atoms with Crippen molar-refractivity contribution >= 4 is 5.78 Å². The van der Waals surface area contributed by atoms with Crippen LogP contribution in [0.25, 0.3) is 22.5 Å². The Morgan fingerprint density at radius 3 is 2.27 bits per heavy atom. The molecule has 0 saturated heterocycles. The molecule has 2 nitrogen and oxygen atoms in total. The summed E-state index contributed by atoms with van der Waals surface area (Å²) in [6.07, 6.45) is 0. The summed E-state index contributed by atoms with van der Waals surface area (Å²) < 4.78 is 0. The van der Waals surface area contributed by atoms with Crippen LogP contribution in [0.5, 0.6) is 0 Å². The van der Waals surface area contributed by atoms with Crippen LogP contribution in [-0.4, -0.2) is 10.8 Å². The normalized spacial score (nSPS) is 14.9. The SMILES string of the molecule is CC(C)c1cc(-c2ccccc2)nc2c1C(=O)C(C)(C)c1ccccc1-2. The van der Waals surface area contributed by atoms with E-state index >= 15 is 0 Å². The molecule has 0 aliphatic heterocycles.